The van der Waals surface area contributed by atoms with Gasteiger partial charge in [0.05, 0.1) is 6.54 Å². The molecule has 5 nitrogen and oxygen atoms in total. The summed E-state index contributed by atoms with van der Waals surface area (Å²) >= 11 is 0. The van der Waals surface area contributed by atoms with Gasteiger partial charge >= 0.3 is 0 Å². The minimum Gasteiger partial charge on any atom is -0.326 e. The van der Waals surface area contributed by atoms with Crippen LogP contribution >= 0.6 is 0 Å². The van der Waals surface area contributed by atoms with E-state index in [9.17, 15) is 0 Å². The molecule has 1 aliphatic heterocycles. The Bertz CT molecular complexity index is 321. The van der Waals surface area contributed by atoms with Gasteiger partial charge in [0.25, 0.3) is 0 Å². The lowest BCUT2D eigenvalue weighted by Crippen LogP contribution is -2.47. The minimum atomic E-state index is 0.298. The first kappa shape index (κ1) is 10.6. The molecule has 2 N–H and O–H groups in total. The summed E-state index contributed by atoms with van der Waals surface area (Å²) in [7, 11) is 1.97. The lowest BCUT2D eigenvalue weighted by molar-refractivity contribution is 0.157. The molecule has 1 aromatic rings. The quantitative estimate of drug-likeness (QED) is 0.744. The topological polar surface area (TPSA) is 60.0 Å². The maximum absolute atomic E-state index is 6.05. The first-order valence-electron chi connectivity index (χ1n) is 5.47. The van der Waals surface area contributed by atoms with Crippen LogP contribution in [0.5, 0.6) is 0 Å². The van der Waals surface area contributed by atoms with Gasteiger partial charge in [-0.3, -0.25) is 4.90 Å². The number of aromatic nitrogens is 3. The van der Waals surface area contributed by atoms with Gasteiger partial charge in [0, 0.05) is 19.6 Å². The molecule has 1 aromatic heterocycles. The maximum Gasteiger partial charge on any atom is 0.146 e. The first-order valence-corrected chi connectivity index (χ1v) is 5.47. The Hall–Kier alpha value is -0.940. The van der Waals surface area contributed by atoms with Crippen LogP contribution in [0.4, 0.5) is 0 Å². The van der Waals surface area contributed by atoms with E-state index in [1.807, 2.05) is 11.6 Å². The van der Waals surface area contributed by atoms with E-state index < -0.39 is 0 Å². The zero-order valence-corrected chi connectivity index (χ0v) is 9.43. The van der Waals surface area contributed by atoms with Gasteiger partial charge in [-0.15, -0.1) is 10.2 Å². The zero-order valence-electron chi connectivity index (χ0n) is 9.43. The maximum atomic E-state index is 6.05. The number of piperidine rings is 1. The van der Waals surface area contributed by atoms with Crippen molar-refractivity contribution in [3.63, 3.8) is 0 Å². The number of nitrogens with zero attached hydrogens (tertiary/aromatic N) is 4. The molecule has 5 heteroatoms. The molecule has 2 unspecified atom stereocenters. The molecule has 15 heavy (non-hydrogen) atoms. The van der Waals surface area contributed by atoms with Crippen molar-refractivity contribution in [3.8, 4) is 0 Å². The third kappa shape index (κ3) is 2.35. The molecule has 1 saturated heterocycles. The highest BCUT2D eigenvalue weighted by molar-refractivity contribution is 4.88. The fourth-order valence-electron chi connectivity index (χ4n) is 1.96. The molecule has 0 aliphatic carbocycles. The van der Waals surface area contributed by atoms with Gasteiger partial charge in [-0.05, 0) is 18.9 Å². The Balaban J connectivity index is 1.94. The molecule has 0 saturated carbocycles. The Morgan fingerprint density at radius 3 is 3.00 bits per heavy atom. The lowest BCUT2D eigenvalue weighted by Gasteiger charge is -2.34. The van der Waals surface area contributed by atoms with E-state index >= 15 is 0 Å². The summed E-state index contributed by atoms with van der Waals surface area (Å²) in [6, 6.07) is 0.298. The van der Waals surface area contributed by atoms with E-state index in [1.54, 1.807) is 6.33 Å². The van der Waals surface area contributed by atoms with Crippen molar-refractivity contribution in [2.45, 2.75) is 25.9 Å². The molecule has 84 valence electrons. The van der Waals surface area contributed by atoms with Crippen LogP contribution in [0.1, 0.15) is 19.2 Å². The largest absolute Gasteiger partial charge is 0.326 e. The molecular weight excluding hydrogens is 190 g/mol. The average Bonchev–Trinajstić information content (AvgIpc) is 2.59. The molecular formula is C10H19N5. The highest BCUT2D eigenvalue weighted by Crippen LogP contribution is 2.16. The summed E-state index contributed by atoms with van der Waals surface area (Å²) in [5.74, 6) is 1.65. The number of aryl methyl sites for hydroxylation is 1. The second kappa shape index (κ2) is 4.28. The van der Waals surface area contributed by atoms with Crippen LogP contribution in [0, 0.1) is 5.92 Å². The van der Waals surface area contributed by atoms with Crippen molar-refractivity contribution >= 4 is 0 Å². The molecule has 0 spiro atoms. The summed E-state index contributed by atoms with van der Waals surface area (Å²) in [5.41, 5.74) is 6.05. The van der Waals surface area contributed by atoms with Crippen molar-refractivity contribution in [1.29, 1.82) is 0 Å². The van der Waals surface area contributed by atoms with Gasteiger partial charge < -0.3 is 10.3 Å². The minimum absolute atomic E-state index is 0.298. The van der Waals surface area contributed by atoms with Crippen molar-refractivity contribution in [1.82, 2.24) is 19.7 Å². The molecule has 0 radical (unpaired) electrons. The van der Waals surface area contributed by atoms with Gasteiger partial charge in [0.2, 0.25) is 0 Å². The highest BCUT2D eigenvalue weighted by atomic mass is 15.3. The van der Waals surface area contributed by atoms with Crippen LogP contribution in [-0.2, 0) is 13.6 Å². The monoisotopic (exact) mass is 209 g/mol. The van der Waals surface area contributed by atoms with Crippen LogP contribution < -0.4 is 5.73 Å². The third-order valence-electron chi connectivity index (χ3n) is 3.27. The first-order chi connectivity index (χ1) is 7.16. The molecule has 0 bridgehead atoms. The normalized spacial score (nSPS) is 28.2. The van der Waals surface area contributed by atoms with E-state index in [4.69, 9.17) is 5.73 Å². The van der Waals surface area contributed by atoms with Crippen LogP contribution in [-0.4, -0.2) is 38.8 Å². The van der Waals surface area contributed by atoms with Gasteiger partial charge in [0.1, 0.15) is 12.2 Å². The van der Waals surface area contributed by atoms with Crippen LogP contribution in [0.15, 0.2) is 6.33 Å². The molecule has 2 heterocycles. The van der Waals surface area contributed by atoms with E-state index in [-0.39, 0.29) is 0 Å². The van der Waals surface area contributed by atoms with Crippen LogP contribution in [0.3, 0.4) is 0 Å². The lowest BCUT2D eigenvalue weighted by atomic mass is 9.94. The second-order valence-electron chi connectivity index (χ2n) is 4.52. The number of hydrogen-bond acceptors (Lipinski definition) is 4. The smallest absolute Gasteiger partial charge is 0.146 e. The summed E-state index contributed by atoms with van der Waals surface area (Å²) in [5, 5.41) is 7.96. The van der Waals surface area contributed by atoms with Crippen molar-refractivity contribution in [3.05, 3.63) is 12.2 Å². The van der Waals surface area contributed by atoms with E-state index in [0.717, 1.165) is 25.5 Å². The standard InChI is InChI=1S/C10H19N5/c1-8-3-4-15(5-9(8)11)6-10-13-12-7-14(10)2/h7-9H,3-6,11H2,1-2H3. The van der Waals surface area contributed by atoms with Crippen molar-refractivity contribution < 1.29 is 0 Å². The Morgan fingerprint density at radius 1 is 1.60 bits per heavy atom. The van der Waals surface area contributed by atoms with E-state index in [0.29, 0.717) is 12.0 Å². The van der Waals surface area contributed by atoms with Crippen LogP contribution in [0.25, 0.3) is 0 Å². The van der Waals surface area contributed by atoms with Gasteiger partial charge in [-0.25, -0.2) is 0 Å². The molecule has 1 fully saturated rings. The fraction of sp³-hybridized carbons (Fsp3) is 0.800. The van der Waals surface area contributed by atoms with Gasteiger partial charge in [-0.2, -0.15) is 0 Å². The van der Waals surface area contributed by atoms with Crippen molar-refractivity contribution in [2.24, 2.45) is 18.7 Å². The van der Waals surface area contributed by atoms with Gasteiger partial charge in [0.15, 0.2) is 0 Å². The highest BCUT2D eigenvalue weighted by Gasteiger charge is 2.23. The zero-order chi connectivity index (χ0) is 10.8. The van der Waals surface area contributed by atoms with Crippen LogP contribution in [0.2, 0.25) is 0 Å². The Morgan fingerprint density at radius 2 is 2.40 bits per heavy atom. The Kier molecular flexibility index (Phi) is 3.02. The number of hydrogen-bond donors (Lipinski definition) is 1. The van der Waals surface area contributed by atoms with Crippen molar-refractivity contribution in [2.75, 3.05) is 13.1 Å². The molecule has 0 aromatic carbocycles. The second-order valence-corrected chi connectivity index (χ2v) is 4.52. The Labute approximate surface area is 90.3 Å². The molecule has 2 atom stereocenters. The van der Waals surface area contributed by atoms with E-state index in [1.165, 1.54) is 6.42 Å². The fourth-order valence-corrected chi connectivity index (χ4v) is 1.96. The van der Waals surface area contributed by atoms with E-state index in [2.05, 4.69) is 22.0 Å². The molecule has 1 aliphatic rings. The van der Waals surface area contributed by atoms with Gasteiger partial charge in [-0.1, -0.05) is 6.92 Å². The molecule has 0 amide bonds. The predicted octanol–water partition coefficient (Wildman–Crippen LogP) is -0.0158. The summed E-state index contributed by atoms with van der Waals surface area (Å²) in [4.78, 5) is 2.36. The number of rotatable bonds is 2. The average molecular weight is 209 g/mol. The molecule has 2 rings (SSSR count). The summed E-state index contributed by atoms with van der Waals surface area (Å²) in [6.07, 6.45) is 2.92. The SMILES string of the molecule is CC1CCN(Cc2nncn2C)CC1N. The third-order valence-corrected chi connectivity index (χ3v) is 3.27. The predicted molar refractivity (Wildman–Crippen MR) is 58.0 cm³/mol. The number of likely N-dealkylation sites (tertiary alicyclic amines) is 1. The summed E-state index contributed by atoms with van der Waals surface area (Å²) in [6.45, 7) is 5.16. The summed E-state index contributed by atoms with van der Waals surface area (Å²) < 4.78 is 1.96. The number of nitrogens with two attached hydrogens (primary N) is 1.